The zero-order valence-corrected chi connectivity index (χ0v) is 22.7. The van der Waals surface area contributed by atoms with E-state index in [2.05, 4.69) is 6.92 Å². The molecule has 10 heteroatoms. The fourth-order valence-electron chi connectivity index (χ4n) is 5.44. The van der Waals surface area contributed by atoms with Crippen molar-refractivity contribution < 1.29 is 44.3 Å². The molecule has 1 saturated carbocycles. The Hall–Kier alpha value is -3.95. The second-order valence-electron chi connectivity index (χ2n) is 10.8. The fraction of sp³-hybridized carbons (Fsp3) is 0.273. The highest BCUT2D eigenvalue weighted by atomic mass is 19.4. The Bertz CT molecular complexity index is 1620. The molecule has 0 radical (unpaired) electrons. The Morgan fingerprint density at radius 1 is 0.605 bits per heavy atom. The number of hydrogen-bond acceptors (Lipinski definition) is 1. The van der Waals surface area contributed by atoms with E-state index in [1.165, 1.54) is 30.3 Å². The van der Waals surface area contributed by atoms with Gasteiger partial charge in [-0.2, -0.15) is 22.0 Å². The highest BCUT2D eigenvalue weighted by Crippen LogP contribution is 2.41. The van der Waals surface area contributed by atoms with Crippen molar-refractivity contribution in [3.63, 3.8) is 0 Å². The second kappa shape index (κ2) is 11.6. The van der Waals surface area contributed by atoms with Gasteiger partial charge in [0.25, 0.3) is 0 Å². The Morgan fingerprint density at radius 2 is 1.19 bits per heavy atom. The third-order valence-corrected chi connectivity index (χ3v) is 7.87. The van der Waals surface area contributed by atoms with Gasteiger partial charge in [-0.05, 0) is 83.3 Å². The van der Waals surface area contributed by atoms with E-state index in [1.807, 2.05) is 0 Å². The largest absolute Gasteiger partial charge is 0.429 e. The zero-order chi connectivity index (χ0) is 31.1. The number of hydrogen-bond donors (Lipinski definition) is 0. The summed E-state index contributed by atoms with van der Waals surface area (Å²) < 4.78 is 132. The average molecular weight is 609 g/mol. The summed E-state index contributed by atoms with van der Waals surface area (Å²) in [6.45, 7) is 2.07. The average Bonchev–Trinajstić information content (AvgIpc) is 2.94. The summed E-state index contributed by atoms with van der Waals surface area (Å²) in [4.78, 5) is 0. The molecular weight excluding hydrogens is 583 g/mol. The minimum Gasteiger partial charge on any atom is -0.429 e. The van der Waals surface area contributed by atoms with E-state index in [9.17, 15) is 39.5 Å². The molecule has 4 aromatic carbocycles. The second-order valence-corrected chi connectivity index (χ2v) is 10.8. The number of benzene rings is 4. The van der Waals surface area contributed by atoms with E-state index in [1.54, 1.807) is 0 Å². The van der Waals surface area contributed by atoms with Crippen LogP contribution in [0.1, 0.15) is 55.2 Å². The molecule has 5 rings (SSSR count). The summed E-state index contributed by atoms with van der Waals surface area (Å²) in [7, 11) is 0. The molecule has 0 unspecified atom stereocenters. The van der Waals surface area contributed by atoms with Gasteiger partial charge in [0.05, 0.1) is 5.56 Å². The molecule has 0 saturated heterocycles. The van der Waals surface area contributed by atoms with Crippen LogP contribution in [-0.2, 0) is 12.3 Å². The van der Waals surface area contributed by atoms with Crippen LogP contribution in [0.15, 0.2) is 72.8 Å². The van der Waals surface area contributed by atoms with Gasteiger partial charge < -0.3 is 4.74 Å². The molecule has 1 fully saturated rings. The van der Waals surface area contributed by atoms with Gasteiger partial charge in [0.15, 0.2) is 11.6 Å². The molecule has 0 atom stereocenters. The van der Waals surface area contributed by atoms with Crippen LogP contribution < -0.4 is 4.74 Å². The highest BCUT2D eigenvalue weighted by Gasteiger charge is 2.40. The van der Waals surface area contributed by atoms with Crippen molar-refractivity contribution >= 4 is 0 Å². The molecule has 0 N–H and O–H groups in total. The summed E-state index contributed by atoms with van der Waals surface area (Å²) in [5, 5.41) is 0. The van der Waals surface area contributed by atoms with Crippen molar-refractivity contribution in [2.75, 3.05) is 0 Å². The van der Waals surface area contributed by atoms with Crippen LogP contribution in [0.5, 0.6) is 5.75 Å². The van der Waals surface area contributed by atoms with Crippen molar-refractivity contribution in [3.05, 3.63) is 113 Å². The molecule has 0 spiro atoms. The standard InChI is InChI=1S/C33H25F9O/c1-18-2-4-20(5-3-18)25-13-15-27(31(37)30(25)36)33(41,42)43-23-10-6-19(7-11-23)21-8-12-24(28(34)16-21)22-9-14-26(29(35)17-22)32(38,39)40/h6-18,20H,2-5H2,1H3. The maximum atomic E-state index is 14.9. The maximum absolute atomic E-state index is 14.9. The maximum Gasteiger partial charge on any atom is 0.429 e. The van der Waals surface area contributed by atoms with Gasteiger partial charge in [0.2, 0.25) is 0 Å². The fourth-order valence-corrected chi connectivity index (χ4v) is 5.44. The first-order valence-corrected chi connectivity index (χ1v) is 13.6. The van der Waals surface area contributed by atoms with Crippen LogP contribution in [0.2, 0.25) is 0 Å². The first-order valence-electron chi connectivity index (χ1n) is 13.6. The van der Waals surface area contributed by atoms with Gasteiger partial charge >= 0.3 is 12.3 Å². The minimum atomic E-state index is -4.90. The number of rotatable bonds is 6. The normalized spacial score (nSPS) is 17.6. The topological polar surface area (TPSA) is 9.23 Å². The minimum absolute atomic E-state index is 0.0787. The van der Waals surface area contributed by atoms with Crippen molar-refractivity contribution in [3.8, 4) is 28.0 Å². The third-order valence-electron chi connectivity index (χ3n) is 7.87. The molecule has 4 aromatic rings. The molecule has 1 aliphatic rings. The molecule has 1 aliphatic carbocycles. The Balaban J connectivity index is 1.32. The third kappa shape index (κ3) is 6.38. The first-order chi connectivity index (χ1) is 20.2. The van der Waals surface area contributed by atoms with E-state index in [0.717, 1.165) is 43.2 Å². The van der Waals surface area contributed by atoms with Gasteiger partial charge in [-0.3, -0.25) is 0 Å². The lowest BCUT2D eigenvalue weighted by Crippen LogP contribution is -2.24. The lowest BCUT2D eigenvalue weighted by Gasteiger charge is -2.27. The molecule has 0 aromatic heterocycles. The van der Waals surface area contributed by atoms with Gasteiger partial charge in [-0.15, -0.1) is 0 Å². The molecule has 0 aliphatic heterocycles. The molecule has 0 amide bonds. The summed E-state index contributed by atoms with van der Waals surface area (Å²) in [6, 6.07) is 12.8. The number of ether oxygens (including phenoxy) is 1. The molecule has 43 heavy (non-hydrogen) atoms. The van der Waals surface area contributed by atoms with Crippen LogP contribution in [0.3, 0.4) is 0 Å². The lowest BCUT2D eigenvalue weighted by molar-refractivity contribution is -0.187. The summed E-state index contributed by atoms with van der Waals surface area (Å²) in [5.74, 6) is -5.50. The van der Waals surface area contributed by atoms with Crippen LogP contribution in [0, 0.1) is 29.2 Å². The Morgan fingerprint density at radius 3 is 1.79 bits per heavy atom. The van der Waals surface area contributed by atoms with E-state index >= 15 is 0 Å². The molecule has 0 heterocycles. The predicted octanol–water partition coefficient (Wildman–Crippen LogP) is 11.0. The summed E-state index contributed by atoms with van der Waals surface area (Å²) in [6.07, 6.45) is -6.10. The first kappa shape index (κ1) is 30.5. The van der Waals surface area contributed by atoms with Crippen molar-refractivity contribution in [1.82, 2.24) is 0 Å². The molecule has 1 nitrogen and oxygen atoms in total. The monoisotopic (exact) mass is 608 g/mol. The molecule has 226 valence electrons. The van der Waals surface area contributed by atoms with Gasteiger partial charge in [0.1, 0.15) is 22.9 Å². The van der Waals surface area contributed by atoms with Crippen molar-refractivity contribution in [2.24, 2.45) is 5.92 Å². The van der Waals surface area contributed by atoms with Crippen LogP contribution >= 0.6 is 0 Å². The van der Waals surface area contributed by atoms with E-state index in [4.69, 9.17) is 4.74 Å². The summed E-state index contributed by atoms with van der Waals surface area (Å²) in [5.41, 5.74) is -2.23. The van der Waals surface area contributed by atoms with Gasteiger partial charge in [-0.25, -0.2) is 17.6 Å². The van der Waals surface area contributed by atoms with Crippen molar-refractivity contribution in [1.29, 1.82) is 0 Å². The van der Waals surface area contributed by atoms with Crippen LogP contribution in [0.4, 0.5) is 39.5 Å². The van der Waals surface area contributed by atoms with Crippen molar-refractivity contribution in [2.45, 2.75) is 50.8 Å². The Labute approximate surface area is 241 Å². The van der Waals surface area contributed by atoms with E-state index in [-0.39, 0.29) is 33.9 Å². The highest BCUT2D eigenvalue weighted by molar-refractivity contribution is 5.71. The van der Waals surface area contributed by atoms with E-state index < -0.39 is 46.7 Å². The van der Waals surface area contributed by atoms with Gasteiger partial charge in [0, 0.05) is 5.56 Å². The molecule has 0 bridgehead atoms. The smallest absolute Gasteiger partial charge is 0.429 e. The number of halogens is 9. The number of alkyl halides is 5. The Kier molecular flexibility index (Phi) is 8.24. The van der Waals surface area contributed by atoms with Crippen LogP contribution in [0.25, 0.3) is 22.3 Å². The molecular formula is C33H25F9O. The SMILES string of the molecule is CC1CCC(c2ccc(C(F)(F)Oc3ccc(-c4ccc(-c5ccc(C(F)(F)F)c(F)c5)c(F)c4)cc3)c(F)c2F)CC1. The summed E-state index contributed by atoms with van der Waals surface area (Å²) >= 11 is 0. The van der Waals surface area contributed by atoms with E-state index in [0.29, 0.717) is 36.5 Å². The van der Waals surface area contributed by atoms with Gasteiger partial charge in [-0.1, -0.05) is 56.2 Å². The zero-order valence-electron chi connectivity index (χ0n) is 22.7. The lowest BCUT2D eigenvalue weighted by atomic mass is 9.79. The van der Waals surface area contributed by atoms with Crippen LogP contribution in [-0.4, -0.2) is 0 Å². The quantitative estimate of drug-likeness (QED) is 0.198. The predicted molar refractivity (Wildman–Crippen MR) is 143 cm³/mol.